The fourth-order valence-electron chi connectivity index (χ4n) is 4.64. The molecule has 0 unspecified atom stereocenters. The number of amides is 1. The summed E-state index contributed by atoms with van der Waals surface area (Å²) in [7, 11) is 0. The van der Waals surface area contributed by atoms with E-state index in [1.807, 2.05) is 41.1 Å². The molecule has 6 heteroatoms. The highest BCUT2D eigenvalue weighted by Crippen LogP contribution is 2.49. The number of benzene rings is 1. The fourth-order valence-corrected chi connectivity index (χ4v) is 4.64. The first-order valence-corrected chi connectivity index (χ1v) is 9.60. The van der Waals surface area contributed by atoms with E-state index in [0.717, 1.165) is 24.2 Å². The molecule has 1 N–H and O–H groups in total. The van der Waals surface area contributed by atoms with Crippen molar-refractivity contribution in [3.8, 4) is 5.69 Å². The zero-order chi connectivity index (χ0) is 19.2. The lowest BCUT2D eigenvalue weighted by atomic mass is 9.81. The largest absolute Gasteiger partial charge is 0.481 e. The molecular formula is C21H25N3O3. The Morgan fingerprint density at radius 2 is 2.00 bits per heavy atom. The van der Waals surface area contributed by atoms with E-state index in [1.165, 1.54) is 0 Å². The Morgan fingerprint density at radius 3 is 2.63 bits per heavy atom. The Morgan fingerprint density at radius 1 is 1.26 bits per heavy atom. The second kappa shape index (κ2) is 6.51. The number of likely N-dealkylation sites (tertiary alicyclic amines) is 1. The third-order valence-electron chi connectivity index (χ3n) is 6.13. The molecule has 142 valence electrons. The number of hydrogen-bond donors (Lipinski definition) is 1. The first kappa shape index (κ1) is 17.8. The molecule has 1 amide bonds. The van der Waals surface area contributed by atoms with Crippen molar-refractivity contribution in [3.63, 3.8) is 0 Å². The maximum Gasteiger partial charge on any atom is 0.311 e. The molecule has 0 bridgehead atoms. The predicted molar refractivity (Wildman–Crippen MR) is 101 cm³/mol. The Kier molecular flexibility index (Phi) is 4.29. The van der Waals surface area contributed by atoms with E-state index in [9.17, 15) is 14.7 Å². The number of nitrogens with zero attached hydrogens (tertiary/aromatic N) is 3. The molecule has 4 rings (SSSR count). The molecule has 1 saturated carbocycles. The van der Waals surface area contributed by atoms with E-state index in [4.69, 9.17) is 0 Å². The van der Waals surface area contributed by atoms with Gasteiger partial charge in [0, 0.05) is 18.8 Å². The van der Waals surface area contributed by atoms with Crippen molar-refractivity contribution >= 4 is 11.9 Å². The van der Waals surface area contributed by atoms with Gasteiger partial charge in [-0.3, -0.25) is 9.59 Å². The van der Waals surface area contributed by atoms with Crippen LogP contribution >= 0.6 is 0 Å². The van der Waals surface area contributed by atoms with Gasteiger partial charge < -0.3 is 10.0 Å². The number of rotatable bonds is 4. The van der Waals surface area contributed by atoms with E-state index in [0.29, 0.717) is 25.2 Å². The van der Waals surface area contributed by atoms with Crippen LogP contribution in [0.3, 0.4) is 0 Å². The summed E-state index contributed by atoms with van der Waals surface area (Å²) in [5.41, 5.74) is 1.51. The molecular weight excluding hydrogens is 342 g/mol. The quantitative estimate of drug-likeness (QED) is 0.899. The topological polar surface area (TPSA) is 75.4 Å². The third-order valence-corrected chi connectivity index (χ3v) is 6.13. The minimum absolute atomic E-state index is 0.0553. The summed E-state index contributed by atoms with van der Waals surface area (Å²) < 4.78 is 1.82. The van der Waals surface area contributed by atoms with Gasteiger partial charge >= 0.3 is 5.97 Å². The zero-order valence-corrected chi connectivity index (χ0v) is 15.8. The molecule has 1 aromatic carbocycles. The molecule has 27 heavy (non-hydrogen) atoms. The number of aromatic nitrogens is 2. The van der Waals surface area contributed by atoms with Crippen LogP contribution < -0.4 is 0 Å². The molecule has 0 spiro atoms. The average Bonchev–Trinajstić information content (AvgIpc) is 3.34. The van der Waals surface area contributed by atoms with Crippen molar-refractivity contribution in [2.45, 2.75) is 39.0 Å². The van der Waals surface area contributed by atoms with Crippen molar-refractivity contribution in [1.82, 2.24) is 14.7 Å². The smallest absolute Gasteiger partial charge is 0.311 e. The summed E-state index contributed by atoms with van der Waals surface area (Å²) in [5.74, 6) is -0.665. The van der Waals surface area contributed by atoms with Crippen LogP contribution in [0.2, 0.25) is 0 Å². The van der Waals surface area contributed by atoms with Gasteiger partial charge in [0.2, 0.25) is 0 Å². The summed E-state index contributed by atoms with van der Waals surface area (Å²) in [4.78, 5) is 26.7. The molecule has 6 nitrogen and oxygen atoms in total. The van der Waals surface area contributed by atoms with E-state index < -0.39 is 11.4 Å². The van der Waals surface area contributed by atoms with Crippen LogP contribution in [0.1, 0.15) is 55.2 Å². The number of carbonyl (C=O) groups excluding carboxylic acids is 1. The minimum Gasteiger partial charge on any atom is -0.481 e. The molecule has 0 radical (unpaired) electrons. The molecule has 2 heterocycles. The highest BCUT2D eigenvalue weighted by molar-refractivity contribution is 5.93. The van der Waals surface area contributed by atoms with Crippen molar-refractivity contribution in [3.05, 3.63) is 47.8 Å². The van der Waals surface area contributed by atoms with Crippen molar-refractivity contribution in [2.24, 2.45) is 11.3 Å². The number of fused-ring (bicyclic) bond motifs is 1. The Hall–Kier alpha value is -2.63. The highest BCUT2D eigenvalue weighted by Gasteiger charge is 2.56. The van der Waals surface area contributed by atoms with Gasteiger partial charge in [-0.2, -0.15) is 5.10 Å². The molecule has 2 atom stereocenters. The lowest BCUT2D eigenvalue weighted by molar-refractivity contribution is -0.149. The second-order valence-corrected chi connectivity index (χ2v) is 8.09. The maximum atomic E-state index is 13.1. The van der Waals surface area contributed by atoms with Gasteiger partial charge in [-0.1, -0.05) is 38.5 Å². The van der Waals surface area contributed by atoms with Gasteiger partial charge in [-0.05, 0) is 42.9 Å². The van der Waals surface area contributed by atoms with Crippen LogP contribution in [0.25, 0.3) is 5.69 Å². The predicted octanol–water partition coefficient (Wildman–Crippen LogP) is 3.32. The number of para-hydroxylation sites is 1. The SMILES string of the molecule is CC(C)c1cc(C(=O)N2C[C@@H]3CCC[C@@]3(C(=O)O)C2)nn1-c1ccccc1. The van der Waals surface area contributed by atoms with E-state index >= 15 is 0 Å². The number of hydrogen-bond acceptors (Lipinski definition) is 3. The van der Waals surface area contributed by atoms with Crippen LogP contribution in [0, 0.1) is 11.3 Å². The lowest BCUT2D eigenvalue weighted by Crippen LogP contribution is -2.37. The molecule has 2 aromatic rings. The molecule has 1 aliphatic carbocycles. The van der Waals surface area contributed by atoms with Crippen LogP contribution in [0.4, 0.5) is 0 Å². The molecule has 1 aliphatic heterocycles. The third kappa shape index (κ3) is 2.83. The first-order valence-electron chi connectivity index (χ1n) is 9.60. The number of aliphatic carboxylic acids is 1. The van der Waals surface area contributed by atoms with Crippen molar-refractivity contribution in [1.29, 1.82) is 0 Å². The summed E-state index contributed by atoms with van der Waals surface area (Å²) in [6.07, 6.45) is 2.47. The Bertz CT molecular complexity index is 874. The summed E-state index contributed by atoms with van der Waals surface area (Å²) in [6, 6.07) is 11.6. The van der Waals surface area contributed by atoms with E-state index in [2.05, 4.69) is 18.9 Å². The van der Waals surface area contributed by atoms with Gasteiger partial charge in [0.25, 0.3) is 5.91 Å². The average molecular weight is 367 g/mol. The van der Waals surface area contributed by atoms with E-state index in [1.54, 1.807) is 4.90 Å². The Balaban J connectivity index is 1.65. The van der Waals surface area contributed by atoms with Crippen LogP contribution in [0.15, 0.2) is 36.4 Å². The molecule has 2 aliphatic rings. The maximum absolute atomic E-state index is 13.1. The highest BCUT2D eigenvalue weighted by atomic mass is 16.4. The monoisotopic (exact) mass is 367 g/mol. The van der Waals surface area contributed by atoms with Crippen molar-refractivity contribution < 1.29 is 14.7 Å². The molecule has 2 fully saturated rings. The molecule has 1 aromatic heterocycles. The van der Waals surface area contributed by atoms with Gasteiger partial charge in [0.1, 0.15) is 0 Å². The molecule has 1 saturated heterocycles. The fraction of sp³-hybridized carbons (Fsp3) is 0.476. The number of carboxylic acids is 1. The lowest BCUT2D eigenvalue weighted by Gasteiger charge is -2.23. The van der Waals surface area contributed by atoms with Gasteiger partial charge in [-0.25, -0.2) is 4.68 Å². The normalized spacial score (nSPS) is 24.4. The van der Waals surface area contributed by atoms with E-state index in [-0.39, 0.29) is 17.7 Å². The zero-order valence-electron chi connectivity index (χ0n) is 15.8. The van der Waals surface area contributed by atoms with Crippen molar-refractivity contribution in [2.75, 3.05) is 13.1 Å². The summed E-state index contributed by atoms with van der Waals surface area (Å²) in [5, 5.41) is 14.3. The number of carboxylic acid groups (broad SMARTS) is 1. The summed E-state index contributed by atoms with van der Waals surface area (Å²) in [6.45, 7) is 4.95. The summed E-state index contributed by atoms with van der Waals surface area (Å²) >= 11 is 0. The second-order valence-electron chi connectivity index (χ2n) is 8.09. The number of carbonyl (C=O) groups is 2. The van der Waals surface area contributed by atoms with Gasteiger partial charge in [-0.15, -0.1) is 0 Å². The van der Waals surface area contributed by atoms with Gasteiger partial charge in [0.15, 0.2) is 5.69 Å². The van der Waals surface area contributed by atoms with Crippen LogP contribution in [-0.4, -0.2) is 44.8 Å². The van der Waals surface area contributed by atoms with Crippen LogP contribution in [0.5, 0.6) is 0 Å². The Labute approximate surface area is 158 Å². The van der Waals surface area contributed by atoms with Crippen LogP contribution in [-0.2, 0) is 4.79 Å². The first-order chi connectivity index (χ1) is 12.9. The van der Waals surface area contributed by atoms with Gasteiger partial charge in [0.05, 0.1) is 11.1 Å². The minimum atomic E-state index is -0.766. The standard InChI is InChI=1S/C21H25N3O3/c1-14(2)18-11-17(22-24(18)16-8-4-3-5-9-16)19(25)23-12-15-7-6-10-21(15,13-23)20(26)27/h3-5,8-9,11,14-15H,6-7,10,12-13H2,1-2H3,(H,26,27)/t15-,21+/m0/s1.